The highest BCUT2D eigenvalue weighted by atomic mass is 32.1. The zero-order valence-electron chi connectivity index (χ0n) is 23.5. The number of nitrogens with two attached hydrogens (primary N) is 1. The van der Waals surface area contributed by atoms with E-state index in [0.717, 1.165) is 59.6 Å². The number of quaternary nitrogens is 1. The molecule has 6 heterocycles. The number of hydrogen-bond donors (Lipinski definition) is 3. The maximum atomic E-state index is 12.8. The van der Waals surface area contributed by atoms with Gasteiger partial charge in [0.25, 0.3) is 5.91 Å². The van der Waals surface area contributed by atoms with Crippen LogP contribution in [0.1, 0.15) is 47.3 Å². The molecule has 6 N–H and O–H groups in total. The van der Waals surface area contributed by atoms with Gasteiger partial charge in [-0.15, -0.1) is 11.3 Å². The van der Waals surface area contributed by atoms with Crippen LogP contribution in [-0.2, 0) is 11.2 Å². The number of carbonyl (C=O) groups is 1. The standard InChI is InChI=1S/C29H31N9O4S/c30-18-3-1-2-4-20(18)35-29-36-21(24(27(31)40)28-33-15-34-38(28)29)11-16-5-6-19(32-13-16)17-14-42-25-22(39)12-23(43-26(17)25)37-7-9-41-10-8-37/h5-6,12-15,18,20H,1-4,7-11,30H2,(H2,31,40)(H,35,36)/p+1/t18-,20+/m1/s1. The van der Waals surface area contributed by atoms with Crippen molar-refractivity contribution in [1.82, 2.24) is 24.6 Å². The fraction of sp³-hybridized carbons (Fsp3) is 0.379. The van der Waals surface area contributed by atoms with Gasteiger partial charge in [0.05, 0.1) is 45.9 Å². The second-order valence-electron chi connectivity index (χ2n) is 11.0. The number of anilines is 2. The number of amides is 1. The smallest absolute Gasteiger partial charge is 0.254 e. The molecular formula is C29H32N9O4S+. The molecule has 2 fully saturated rings. The van der Waals surface area contributed by atoms with Gasteiger partial charge in [-0.25, -0.2) is 9.97 Å². The second-order valence-corrected chi connectivity index (χ2v) is 12.0. The molecule has 13 nitrogen and oxygen atoms in total. The first-order valence-electron chi connectivity index (χ1n) is 14.4. The summed E-state index contributed by atoms with van der Waals surface area (Å²) < 4.78 is 13.4. The van der Waals surface area contributed by atoms with E-state index in [2.05, 4.69) is 26.0 Å². The molecule has 5 aromatic heterocycles. The lowest BCUT2D eigenvalue weighted by molar-refractivity contribution is -0.427. The summed E-state index contributed by atoms with van der Waals surface area (Å²) in [5.41, 5.74) is 13.6. The Labute approximate surface area is 249 Å². The van der Waals surface area contributed by atoms with Gasteiger partial charge in [0.2, 0.25) is 11.4 Å². The van der Waals surface area contributed by atoms with Gasteiger partial charge in [-0.2, -0.15) is 9.61 Å². The molecule has 7 rings (SSSR count). The lowest BCUT2D eigenvalue weighted by Crippen LogP contribution is -2.68. The molecule has 1 saturated carbocycles. The first kappa shape index (κ1) is 27.4. The summed E-state index contributed by atoms with van der Waals surface area (Å²) in [7, 11) is 0. The lowest BCUT2D eigenvalue weighted by Gasteiger charge is -2.27. The number of fused-ring (bicyclic) bond motifs is 2. The van der Waals surface area contributed by atoms with Crippen LogP contribution in [0.25, 0.3) is 27.2 Å². The summed E-state index contributed by atoms with van der Waals surface area (Å²) in [5.74, 6) is -0.117. The first-order chi connectivity index (χ1) is 21.0. The summed E-state index contributed by atoms with van der Waals surface area (Å²) in [6.45, 7) is 2.73. The van der Waals surface area contributed by atoms with Crippen molar-refractivity contribution in [3.8, 4) is 11.3 Å². The van der Waals surface area contributed by atoms with Crippen molar-refractivity contribution in [2.24, 2.45) is 5.73 Å². The van der Waals surface area contributed by atoms with E-state index in [1.165, 1.54) is 22.2 Å². The number of nitrogens with one attached hydrogen (secondary N) is 1. The molecule has 43 heavy (non-hydrogen) atoms. The Morgan fingerprint density at radius 3 is 2.79 bits per heavy atom. The van der Waals surface area contributed by atoms with Gasteiger partial charge < -0.3 is 30.8 Å². The molecule has 2 aliphatic rings. The number of morpholine rings is 1. The zero-order chi connectivity index (χ0) is 29.5. The van der Waals surface area contributed by atoms with Gasteiger partial charge in [0.1, 0.15) is 24.2 Å². The minimum absolute atomic E-state index is 0.145. The van der Waals surface area contributed by atoms with Gasteiger partial charge in [0, 0.05) is 38.2 Å². The minimum Gasteiger partial charge on any atom is -0.459 e. The van der Waals surface area contributed by atoms with E-state index in [-0.39, 0.29) is 23.1 Å². The Balaban J connectivity index is 1.20. The van der Waals surface area contributed by atoms with Crippen LogP contribution in [0.3, 0.4) is 0 Å². The maximum Gasteiger partial charge on any atom is 0.254 e. The van der Waals surface area contributed by atoms with E-state index in [1.807, 2.05) is 12.1 Å². The number of aromatic nitrogens is 5. The molecule has 222 valence electrons. The van der Waals surface area contributed by atoms with Crippen molar-refractivity contribution in [3.63, 3.8) is 0 Å². The second kappa shape index (κ2) is 11.4. The molecule has 0 radical (unpaired) electrons. The Morgan fingerprint density at radius 1 is 1.19 bits per heavy atom. The van der Waals surface area contributed by atoms with Crippen LogP contribution in [0.5, 0.6) is 0 Å². The van der Waals surface area contributed by atoms with E-state index < -0.39 is 5.91 Å². The average Bonchev–Trinajstić information content (AvgIpc) is 3.67. The monoisotopic (exact) mass is 602 g/mol. The molecule has 1 amide bonds. The van der Waals surface area contributed by atoms with E-state index in [1.54, 1.807) is 18.5 Å². The molecule has 5 aromatic rings. The third-order valence-electron chi connectivity index (χ3n) is 8.20. The highest BCUT2D eigenvalue weighted by Gasteiger charge is 2.28. The first-order valence-corrected chi connectivity index (χ1v) is 15.2. The Hall–Kier alpha value is -4.40. The molecule has 0 spiro atoms. The van der Waals surface area contributed by atoms with Crippen molar-refractivity contribution in [2.75, 3.05) is 36.5 Å². The molecule has 1 aliphatic heterocycles. The highest BCUT2D eigenvalue weighted by molar-refractivity contribution is 7.22. The highest BCUT2D eigenvalue weighted by Crippen LogP contribution is 2.35. The predicted octanol–water partition coefficient (Wildman–Crippen LogP) is 1.85. The molecular weight excluding hydrogens is 570 g/mol. The number of hydrogen-bond acceptors (Lipinski definition) is 11. The number of ether oxygens (including phenoxy) is 1. The summed E-state index contributed by atoms with van der Waals surface area (Å²) in [5, 5.41) is 8.70. The number of furan rings is 1. The average molecular weight is 603 g/mol. The maximum absolute atomic E-state index is 12.8. The number of nitrogens with zero attached hydrogens (tertiary/aromatic N) is 6. The SMILES string of the molecule is NC(=O)c1c(Cc2ccc(-c3coc4c(=O)cc(N5CCOCC5)sc34)nc2)nc(N[C@H]2CCCC[C@H]2[NH3+])n2ncnc12. The summed E-state index contributed by atoms with van der Waals surface area (Å²) in [6, 6.07) is 5.83. The fourth-order valence-electron chi connectivity index (χ4n) is 5.89. The van der Waals surface area contributed by atoms with Crippen LogP contribution in [0, 0.1) is 0 Å². The summed E-state index contributed by atoms with van der Waals surface area (Å²) >= 11 is 1.51. The Kier molecular flexibility index (Phi) is 7.24. The van der Waals surface area contributed by atoms with Gasteiger partial charge in [-0.3, -0.25) is 14.6 Å². The molecule has 1 aliphatic carbocycles. The fourth-order valence-corrected chi connectivity index (χ4v) is 7.08. The predicted molar refractivity (Wildman–Crippen MR) is 161 cm³/mol. The van der Waals surface area contributed by atoms with E-state index in [0.29, 0.717) is 48.2 Å². The van der Waals surface area contributed by atoms with Crippen LogP contribution in [0.15, 0.2) is 46.2 Å². The van der Waals surface area contributed by atoms with Gasteiger partial charge in [-0.05, 0) is 24.5 Å². The summed E-state index contributed by atoms with van der Waals surface area (Å²) in [6.07, 6.45) is 9.33. The van der Waals surface area contributed by atoms with E-state index >= 15 is 0 Å². The van der Waals surface area contributed by atoms with Crippen molar-refractivity contribution in [3.05, 3.63) is 64.0 Å². The zero-order valence-corrected chi connectivity index (χ0v) is 24.3. The Morgan fingerprint density at radius 2 is 2.02 bits per heavy atom. The van der Waals surface area contributed by atoms with Crippen LogP contribution >= 0.6 is 11.3 Å². The number of carbonyl (C=O) groups excluding carboxylic acids is 1. The minimum atomic E-state index is -0.625. The third kappa shape index (κ3) is 5.21. The molecule has 0 bridgehead atoms. The van der Waals surface area contributed by atoms with Crippen molar-refractivity contribution >= 4 is 44.1 Å². The van der Waals surface area contributed by atoms with E-state index in [4.69, 9.17) is 24.9 Å². The van der Waals surface area contributed by atoms with Crippen molar-refractivity contribution < 1.29 is 19.7 Å². The van der Waals surface area contributed by atoms with Gasteiger partial charge in [0.15, 0.2) is 11.2 Å². The normalized spacial score (nSPS) is 19.2. The molecule has 14 heteroatoms. The molecule has 2 atom stereocenters. The van der Waals surface area contributed by atoms with E-state index in [9.17, 15) is 9.59 Å². The summed E-state index contributed by atoms with van der Waals surface area (Å²) in [4.78, 5) is 41.5. The van der Waals surface area contributed by atoms with Crippen LogP contribution in [0.2, 0.25) is 0 Å². The van der Waals surface area contributed by atoms with Crippen LogP contribution < -0.4 is 27.1 Å². The third-order valence-corrected chi connectivity index (χ3v) is 9.39. The van der Waals surface area contributed by atoms with Crippen molar-refractivity contribution in [1.29, 1.82) is 0 Å². The molecule has 0 unspecified atom stereocenters. The largest absolute Gasteiger partial charge is 0.459 e. The molecule has 0 aromatic carbocycles. The lowest BCUT2D eigenvalue weighted by atomic mass is 9.91. The van der Waals surface area contributed by atoms with Crippen molar-refractivity contribution in [2.45, 2.75) is 44.2 Å². The van der Waals surface area contributed by atoms with Crippen LogP contribution in [0.4, 0.5) is 10.9 Å². The van der Waals surface area contributed by atoms with Crippen LogP contribution in [-0.4, -0.2) is 68.9 Å². The van der Waals surface area contributed by atoms with Gasteiger partial charge in [-0.1, -0.05) is 12.5 Å². The number of pyridine rings is 1. The number of primary amides is 1. The molecule has 1 saturated heterocycles. The van der Waals surface area contributed by atoms with Gasteiger partial charge >= 0.3 is 0 Å². The Bertz CT molecular complexity index is 1860. The topological polar surface area (TPSA) is 181 Å². The number of rotatable bonds is 7. The quantitative estimate of drug-likeness (QED) is 0.249.